The molecule has 0 aromatic heterocycles. The van der Waals surface area contributed by atoms with Crippen molar-refractivity contribution < 1.29 is 12.6 Å². The monoisotopic (exact) mass is 220 g/mol. The summed E-state index contributed by atoms with van der Waals surface area (Å²) in [5, 5.41) is -0.316. The maximum atomic E-state index is 11.5. The van der Waals surface area contributed by atoms with Crippen LogP contribution >= 0.6 is 0 Å². The largest absolute Gasteiger partial charge is 0.270 e. The van der Waals surface area contributed by atoms with Crippen molar-refractivity contribution in [1.29, 1.82) is 0 Å². The van der Waals surface area contributed by atoms with Gasteiger partial charge in [0.05, 0.1) is 11.9 Å². The zero-order valence-electron chi connectivity index (χ0n) is 9.41. The maximum absolute atomic E-state index is 11.5. The second kappa shape index (κ2) is 3.81. The average Bonchev–Trinajstić information content (AvgIpc) is 2.09. The molecular weight excluding hydrogens is 200 g/mol. The van der Waals surface area contributed by atoms with Gasteiger partial charge in [-0.3, -0.25) is 4.18 Å². The van der Waals surface area contributed by atoms with Crippen LogP contribution in [0.1, 0.15) is 40.5 Å². The molecule has 0 amide bonds. The SMILES string of the molecule is CCC1CC(C)(C(C)C)COS1(=O)=O. The molecule has 1 heterocycles. The Balaban J connectivity index is 2.86. The summed E-state index contributed by atoms with van der Waals surface area (Å²) in [6, 6.07) is 0. The average molecular weight is 220 g/mol. The van der Waals surface area contributed by atoms with Crippen LogP contribution in [-0.2, 0) is 14.3 Å². The van der Waals surface area contributed by atoms with E-state index in [-0.39, 0.29) is 10.7 Å². The Morgan fingerprint density at radius 2 is 2.07 bits per heavy atom. The minimum atomic E-state index is -3.28. The van der Waals surface area contributed by atoms with Gasteiger partial charge in [0.1, 0.15) is 0 Å². The molecular formula is C10H20O3S. The summed E-state index contributed by atoms with van der Waals surface area (Å²) in [4.78, 5) is 0. The van der Waals surface area contributed by atoms with Gasteiger partial charge in [0.25, 0.3) is 10.1 Å². The molecule has 0 radical (unpaired) electrons. The first kappa shape index (κ1) is 12.0. The molecule has 2 unspecified atom stereocenters. The molecule has 0 spiro atoms. The fourth-order valence-electron chi connectivity index (χ4n) is 1.74. The van der Waals surface area contributed by atoms with E-state index < -0.39 is 10.1 Å². The molecule has 0 saturated carbocycles. The highest BCUT2D eigenvalue weighted by Crippen LogP contribution is 2.39. The van der Waals surface area contributed by atoms with Crippen molar-refractivity contribution >= 4 is 10.1 Å². The van der Waals surface area contributed by atoms with Crippen molar-refractivity contribution in [2.45, 2.75) is 45.8 Å². The molecule has 0 aliphatic carbocycles. The summed E-state index contributed by atoms with van der Waals surface area (Å²) in [6.45, 7) is 8.58. The molecule has 84 valence electrons. The van der Waals surface area contributed by atoms with Gasteiger partial charge < -0.3 is 0 Å². The Hall–Kier alpha value is -0.0900. The third kappa shape index (κ3) is 2.11. The van der Waals surface area contributed by atoms with Gasteiger partial charge >= 0.3 is 0 Å². The molecule has 0 aromatic carbocycles. The second-order valence-corrected chi connectivity index (χ2v) is 6.69. The van der Waals surface area contributed by atoms with E-state index in [0.29, 0.717) is 18.9 Å². The van der Waals surface area contributed by atoms with Crippen LogP contribution in [0.15, 0.2) is 0 Å². The quantitative estimate of drug-likeness (QED) is 0.670. The molecule has 0 bridgehead atoms. The fourth-order valence-corrected chi connectivity index (χ4v) is 3.36. The Bertz CT molecular complexity index is 294. The molecule has 0 N–H and O–H groups in total. The minimum Gasteiger partial charge on any atom is -0.269 e. The molecule has 3 nitrogen and oxygen atoms in total. The normalized spacial score (nSPS) is 37.4. The van der Waals surface area contributed by atoms with E-state index in [4.69, 9.17) is 4.18 Å². The number of hydrogen-bond donors (Lipinski definition) is 0. The van der Waals surface area contributed by atoms with Crippen LogP contribution in [0.25, 0.3) is 0 Å². The van der Waals surface area contributed by atoms with Crippen molar-refractivity contribution in [3.8, 4) is 0 Å². The van der Waals surface area contributed by atoms with Crippen LogP contribution in [0.3, 0.4) is 0 Å². The Morgan fingerprint density at radius 3 is 2.50 bits per heavy atom. The summed E-state index contributed by atoms with van der Waals surface area (Å²) in [5.74, 6) is 0.451. The number of rotatable bonds is 2. The van der Waals surface area contributed by atoms with Gasteiger partial charge in [-0.05, 0) is 24.2 Å². The predicted octanol–water partition coefficient (Wildman–Crippen LogP) is 2.18. The van der Waals surface area contributed by atoms with Crippen molar-refractivity contribution in [3.05, 3.63) is 0 Å². The second-order valence-electron chi connectivity index (χ2n) is 4.80. The van der Waals surface area contributed by atoms with E-state index >= 15 is 0 Å². The molecule has 1 rings (SSSR count). The topological polar surface area (TPSA) is 43.4 Å². The summed E-state index contributed by atoms with van der Waals surface area (Å²) in [7, 11) is -3.28. The molecule has 0 aromatic rings. The first-order valence-electron chi connectivity index (χ1n) is 5.20. The standard InChI is InChI=1S/C10H20O3S/c1-5-9-6-10(4,8(2)3)7-13-14(9,11)12/h8-9H,5-7H2,1-4H3. The Kier molecular flexibility index (Phi) is 3.26. The lowest BCUT2D eigenvalue weighted by Crippen LogP contribution is -2.43. The van der Waals surface area contributed by atoms with Crippen molar-refractivity contribution in [3.63, 3.8) is 0 Å². The third-order valence-electron chi connectivity index (χ3n) is 3.50. The lowest BCUT2D eigenvalue weighted by molar-refractivity contribution is 0.0793. The smallest absolute Gasteiger partial charge is 0.269 e. The first-order chi connectivity index (χ1) is 6.32. The lowest BCUT2D eigenvalue weighted by atomic mass is 9.76. The first-order valence-corrected chi connectivity index (χ1v) is 6.67. The molecule has 14 heavy (non-hydrogen) atoms. The summed E-state index contributed by atoms with van der Waals surface area (Å²) < 4.78 is 28.0. The zero-order valence-corrected chi connectivity index (χ0v) is 10.2. The summed E-state index contributed by atoms with van der Waals surface area (Å²) >= 11 is 0. The van der Waals surface area contributed by atoms with Crippen LogP contribution < -0.4 is 0 Å². The van der Waals surface area contributed by atoms with Crippen molar-refractivity contribution in [1.82, 2.24) is 0 Å². The van der Waals surface area contributed by atoms with E-state index in [2.05, 4.69) is 20.8 Å². The molecule has 1 aliphatic heterocycles. The highest BCUT2D eigenvalue weighted by molar-refractivity contribution is 7.87. The molecule has 1 saturated heterocycles. The minimum absolute atomic E-state index is 0.00595. The van der Waals surface area contributed by atoms with E-state index in [9.17, 15) is 8.42 Å². The zero-order chi connectivity index (χ0) is 11.0. The van der Waals surface area contributed by atoms with E-state index in [1.165, 1.54) is 0 Å². The lowest BCUT2D eigenvalue weighted by Gasteiger charge is -2.40. The molecule has 1 fully saturated rings. The van der Waals surface area contributed by atoms with Gasteiger partial charge in [0.2, 0.25) is 0 Å². The van der Waals surface area contributed by atoms with Crippen molar-refractivity contribution in [2.75, 3.05) is 6.61 Å². The fraction of sp³-hybridized carbons (Fsp3) is 1.00. The highest BCUT2D eigenvalue weighted by Gasteiger charge is 2.42. The van der Waals surface area contributed by atoms with E-state index in [0.717, 1.165) is 6.42 Å². The summed E-state index contributed by atoms with van der Waals surface area (Å²) in [5.41, 5.74) is 0.00595. The van der Waals surface area contributed by atoms with Crippen LogP contribution in [0.5, 0.6) is 0 Å². The molecule has 1 aliphatic rings. The molecule has 4 heteroatoms. The van der Waals surface area contributed by atoms with Gasteiger partial charge in [-0.15, -0.1) is 0 Å². The third-order valence-corrected chi connectivity index (χ3v) is 5.27. The van der Waals surface area contributed by atoms with E-state index in [1.807, 2.05) is 6.92 Å². The predicted molar refractivity (Wildman–Crippen MR) is 56.5 cm³/mol. The van der Waals surface area contributed by atoms with E-state index in [1.54, 1.807) is 0 Å². The van der Waals surface area contributed by atoms with Crippen LogP contribution in [0.2, 0.25) is 0 Å². The van der Waals surface area contributed by atoms with Gasteiger partial charge in [-0.1, -0.05) is 27.7 Å². The van der Waals surface area contributed by atoms with Gasteiger partial charge in [0.15, 0.2) is 0 Å². The van der Waals surface area contributed by atoms with Crippen LogP contribution in [-0.4, -0.2) is 20.3 Å². The highest BCUT2D eigenvalue weighted by atomic mass is 32.2. The van der Waals surface area contributed by atoms with Gasteiger partial charge in [-0.2, -0.15) is 8.42 Å². The molecule has 2 atom stereocenters. The van der Waals surface area contributed by atoms with Crippen LogP contribution in [0.4, 0.5) is 0 Å². The maximum Gasteiger partial charge on any atom is 0.270 e. The van der Waals surface area contributed by atoms with Crippen LogP contribution in [0, 0.1) is 11.3 Å². The van der Waals surface area contributed by atoms with Gasteiger partial charge in [-0.25, -0.2) is 0 Å². The Labute approximate surface area is 87.0 Å². The van der Waals surface area contributed by atoms with Gasteiger partial charge in [0, 0.05) is 0 Å². The Morgan fingerprint density at radius 1 is 1.50 bits per heavy atom. The number of hydrogen-bond acceptors (Lipinski definition) is 3. The summed E-state index contributed by atoms with van der Waals surface area (Å²) in [6.07, 6.45) is 1.37. The van der Waals surface area contributed by atoms with Crippen molar-refractivity contribution in [2.24, 2.45) is 11.3 Å².